The molecule has 2 aromatic rings. The van der Waals surface area contributed by atoms with Gasteiger partial charge in [-0.3, -0.25) is 4.99 Å². The first kappa shape index (κ1) is 17.6. The van der Waals surface area contributed by atoms with Crippen LogP contribution in [-0.2, 0) is 13.1 Å². The maximum absolute atomic E-state index is 5.43. The number of hydrogen-bond donors (Lipinski definition) is 1. The molecular weight excluding hydrogens is 310 g/mol. The van der Waals surface area contributed by atoms with Gasteiger partial charge in [0.05, 0.1) is 20.8 Å². The molecule has 24 heavy (non-hydrogen) atoms. The first-order chi connectivity index (χ1) is 11.6. The van der Waals surface area contributed by atoms with E-state index in [1.165, 1.54) is 0 Å². The highest BCUT2D eigenvalue weighted by atomic mass is 16.5. The molecule has 1 aromatic heterocycles. The Morgan fingerprint density at radius 2 is 2.12 bits per heavy atom. The van der Waals surface area contributed by atoms with Crippen molar-refractivity contribution in [1.29, 1.82) is 0 Å². The number of nitrogens with zero attached hydrogens (tertiary/aromatic N) is 4. The Balaban J connectivity index is 2.02. The molecule has 0 radical (unpaired) electrons. The number of aromatic nitrogens is 2. The van der Waals surface area contributed by atoms with Crippen LogP contribution in [0.3, 0.4) is 0 Å². The Bertz CT molecular complexity index is 699. The van der Waals surface area contributed by atoms with E-state index in [2.05, 4.69) is 20.4 Å². The number of hydrogen-bond acceptors (Lipinski definition) is 6. The normalized spacial score (nSPS) is 11.3. The third-order valence-corrected chi connectivity index (χ3v) is 3.45. The van der Waals surface area contributed by atoms with Crippen LogP contribution in [-0.4, -0.2) is 49.3 Å². The Hall–Kier alpha value is -2.77. The fourth-order valence-corrected chi connectivity index (χ4v) is 2.27. The number of methoxy groups -OCH3 is 2. The van der Waals surface area contributed by atoms with Crippen molar-refractivity contribution >= 4 is 5.96 Å². The van der Waals surface area contributed by atoms with Gasteiger partial charge in [-0.2, -0.15) is 4.98 Å². The first-order valence-electron chi connectivity index (χ1n) is 7.49. The van der Waals surface area contributed by atoms with E-state index in [9.17, 15) is 0 Å². The van der Waals surface area contributed by atoms with Crippen LogP contribution in [0.25, 0.3) is 0 Å². The van der Waals surface area contributed by atoms with Gasteiger partial charge < -0.3 is 24.2 Å². The minimum absolute atomic E-state index is 0.439. The topological polar surface area (TPSA) is 85.0 Å². The van der Waals surface area contributed by atoms with Crippen molar-refractivity contribution in [2.24, 2.45) is 4.99 Å². The lowest BCUT2D eigenvalue weighted by atomic mass is 10.2. The van der Waals surface area contributed by atoms with Gasteiger partial charge in [-0.25, -0.2) is 0 Å². The number of rotatable bonds is 6. The summed E-state index contributed by atoms with van der Waals surface area (Å²) in [6, 6.07) is 5.75. The zero-order valence-electron chi connectivity index (χ0n) is 14.7. The van der Waals surface area contributed by atoms with Gasteiger partial charge in [0, 0.05) is 39.2 Å². The van der Waals surface area contributed by atoms with Crippen molar-refractivity contribution in [3.63, 3.8) is 0 Å². The summed E-state index contributed by atoms with van der Waals surface area (Å²) in [4.78, 5) is 10.4. The van der Waals surface area contributed by atoms with Gasteiger partial charge in [0.25, 0.3) is 0 Å². The standard InChI is InChI=1S/C16H23N5O3/c1-11-19-15(20-24-11)9-18-16(17-2)21(3)10-12-6-7-13(22-4)8-14(12)23-5/h6-8H,9-10H2,1-5H3,(H,17,18). The van der Waals surface area contributed by atoms with E-state index < -0.39 is 0 Å². The summed E-state index contributed by atoms with van der Waals surface area (Å²) in [5.74, 6) is 3.37. The monoisotopic (exact) mass is 333 g/mol. The molecule has 0 saturated heterocycles. The van der Waals surface area contributed by atoms with E-state index in [1.807, 2.05) is 30.1 Å². The molecule has 0 aliphatic rings. The van der Waals surface area contributed by atoms with Gasteiger partial charge in [0.15, 0.2) is 11.8 Å². The first-order valence-corrected chi connectivity index (χ1v) is 7.49. The van der Waals surface area contributed by atoms with Crippen LogP contribution in [0.5, 0.6) is 11.5 Å². The molecule has 0 fully saturated rings. The Morgan fingerprint density at radius 1 is 1.33 bits per heavy atom. The molecule has 2 rings (SSSR count). The molecule has 0 unspecified atom stereocenters. The SMILES string of the molecule is CN=C(NCc1noc(C)n1)N(C)Cc1ccc(OC)cc1OC. The molecule has 1 N–H and O–H groups in total. The summed E-state index contributed by atoms with van der Waals surface area (Å²) in [6.07, 6.45) is 0. The zero-order valence-corrected chi connectivity index (χ0v) is 14.7. The minimum atomic E-state index is 0.439. The van der Waals surface area contributed by atoms with Gasteiger partial charge in [-0.1, -0.05) is 5.16 Å². The minimum Gasteiger partial charge on any atom is -0.497 e. The predicted octanol–water partition coefficient (Wildman–Crippen LogP) is 1.60. The molecule has 0 spiro atoms. The molecule has 0 saturated carbocycles. The van der Waals surface area contributed by atoms with Crippen molar-refractivity contribution in [3.05, 3.63) is 35.5 Å². The van der Waals surface area contributed by atoms with Crippen molar-refractivity contribution < 1.29 is 14.0 Å². The summed E-state index contributed by atoms with van der Waals surface area (Å²) in [7, 11) is 6.95. The summed E-state index contributed by atoms with van der Waals surface area (Å²) < 4.78 is 15.6. The van der Waals surface area contributed by atoms with Crippen LogP contribution in [0, 0.1) is 6.92 Å². The Morgan fingerprint density at radius 3 is 2.71 bits per heavy atom. The van der Waals surface area contributed by atoms with E-state index in [1.54, 1.807) is 28.2 Å². The lowest BCUT2D eigenvalue weighted by Crippen LogP contribution is -2.38. The van der Waals surface area contributed by atoms with Gasteiger partial charge in [0.2, 0.25) is 5.89 Å². The van der Waals surface area contributed by atoms with Crippen molar-refractivity contribution in [1.82, 2.24) is 20.4 Å². The predicted molar refractivity (Wildman–Crippen MR) is 90.2 cm³/mol. The number of benzene rings is 1. The van der Waals surface area contributed by atoms with Crippen molar-refractivity contribution in [3.8, 4) is 11.5 Å². The lowest BCUT2D eigenvalue weighted by molar-refractivity contribution is 0.381. The highest BCUT2D eigenvalue weighted by Crippen LogP contribution is 2.25. The van der Waals surface area contributed by atoms with E-state index in [0.717, 1.165) is 23.0 Å². The third kappa shape index (κ3) is 4.37. The van der Waals surface area contributed by atoms with E-state index in [-0.39, 0.29) is 0 Å². The highest BCUT2D eigenvalue weighted by Gasteiger charge is 2.12. The van der Waals surface area contributed by atoms with E-state index >= 15 is 0 Å². The van der Waals surface area contributed by atoms with Gasteiger partial charge in [-0.05, 0) is 12.1 Å². The van der Waals surface area contributed by atoms with Crippen molar-refractivity contribution in [2.75, 3.05) is 28.3 Å². The molecule has 0 aliphatic heterocycles. The molecule has 0 amide bonds. The van der Waals surface area contributed by atoms with E-state index in [0.29, 0.717) is 24.8 Å². The molecule has 0 bridgehead atoms. The van der Waals surface area contributed by atoms with Crippen LogP contribution in [0.4, 0.5) is 0 Å². The smallest absolute Gasteiger partial charge is 0.223 e. The quantitative estimate of drug-likeness (QED) is 0.635. The molecular formula is C16H23N5O3. The second kappa shape index (κ2) is 8.19. The molecule has 0 aliphatic carbocycles. The van der Waals surface area contributed by atoms with Crippen LogP contribution < -0.4 is 14.8 Å². The van der Waals surface area contributed by atoms with Crippen LogP contribution in [0.1, 0.15) is 17.3 Å². The maximum Gasteiger partial charge on any atom is 0.223 e. The molecule has 8 nitrogen and oxygen atoms in total. The van der Waals surface area contributed by atoms with Gasteiger partial charge >= 0.3 is 0 Å². The largest absolute Gasteiger partial charge is 0.497 e. The molecule has 130 valence electrons. The molecule has 8 heteroatoms. The highest BCUT2D eigenvalue weighted by molar-refractivity contribution is 5.79. The Kier molecular flexibility index (Phi) is 6.00. The number of guanidine groups is 1. The van der Waals surface area contributed by atoms with Crippen LogP contribution in [0.15, 0.2) is 27.7 Å². The summed E-state index contributed by atoms with van der Waals surface area (Å²) >= 11 is 0. The number of aliphatic imine (C=N–C) groups is 1. The fourth-order valence-electron chi connectivity index (χ4n) is 2.27. The maximum atomic E-state index is 5.43. The van der Waals surface area contributed by atoms with Crippen molar-refractivity contribution in [2.45, 2.75) is 20.0 Å². The van der Waals surface area contributed by atoms with Crippen LogP contribution in [0.2, 0.25) is 0 Å². The lowest BCUT2D eigenvalue weighted by Gasteiger charge is -2.22. The van der Waals surface area contributed by atoms with Gasteiger partial charge in [0.1, 0.15) is 11.5 Å². The number of ether oxygens (including phenoxy) is 2. The second-order valence-electron chi connectivity index (χ2n) is 5.16. The third-order valence-electron chi connectivity index (χ3n) is 3.45. The fraction of sp³-hybridized carbons (Fsp3) is 0.438. The average molecular weight is 333 g/mol. The average Bonchev–Trinajstić information content (AvgIpc) is 3.01. The second-order valence-corrected chi connectivity index (χ2v) is 5.16. The van der Waals surface area contributed by atoms with Gasteiger partial charge in [-0.15, -0.1) is 0 Å². The Labute approximate surface area is 141 Å². The molecule has 0 atom stereocenters. The molecule has 1 aromatic carbocycles. The number of nitrogens with one attached hydrogen (secondary N) is 1. The summed E-state index contributed by atoms with van der Waals surface area (Å²) in [5, 5.41) is 7.06. The molecule has 1 heterocycles. The number of aryl methyl sites for hydroxylation is 1. The summed E-state index contributed by atoms with van der Waals surface area (Å²) in [6.45, 7) is 2.82. The van der Waals surface area contributed by atoms with E-state index in [4.69, 9.17) is 14.0 Å². The van der Waals surface area contributed by atoms with Crippen LogP contribution >= 0.6 is 0 Å². The summed E-state index contributed by atoms with van der Waals surface area (Å²) in [5.41, 5.74) is 1.03. The zero-order chi connectivity index (χ0) is 17.5.